The Morgan fingerprint density at radius 3 is 3.23 bits per heavy atom. The Morgan fingerprint density at radius 2 is 2.54 bits per heavy atom. The summed E-state index contributed by atoms with van der Waals surface area (Å²) in [5, 5.41) is 3.94. The largest absolute Gasteiger partial charge is 0.381 e. The van der Waals surface area contributed by atoms with Gasteiger partial charge in [-0.1, -0.05) is 5.16 Å². The Morgan fingerprint density at radius 1 is 1.62 bits per heavy atom. The molecule has 13 heavy (non-hydrogen) atoms. The van der Waals surface area contributed by atoms with Crippen molar-refractivity contribution < 1.29 is 9.26 Å². The summed E-state index contributed by atoms with van der Waals surface area (Å²) in [4.78, 5) is 4.30. The highest BCUT2D eigenvalue weighted by Gasteiger charge is 2.22. The maximum Gasteiger partial charge on any atom is 0.236 e. The SMILES string of the molecule is CSCc1nc(C2CCOC2)no1. The van der Waals surface area contributed by atoms with Gasteiger partial charge in [0.15, 0.2) is 5.82 Å². The minimum Gasteiger partial charge on any atom is -0.381 e. The van der Waals surface area contributed by atoms with Gasteiger partial charge < -0.3 is 9.26 Å². The molecule has 1 aromatic heterocycles. The van der Waals surface area contributed by atoms with Gasteiger partial charge in [-0.2, -0.15) is 16.7 Å². The van der Waals surface area contributed by atoms with Crippen LogP contribution < -0.4 is 0 Å². The molecule has 4 nitrogen and oxygen atoms in total. The van der Waals surface area contributed by atoms with Gasteiger partial charge in [0.05, 0.1) is 12.4 Å². The lowest BCUT2D eigenvalue weighted by atomic mass is 10.1. The van der Waals surface area contributed by atoms with Gasteiger partial charge >= 0.3 is 0 Å². The van der Waals surface area contributed by atoms with Gasteiger partial charge in [-0.05, 0) is 12.7 Å². The zero-order chi connectivity index (χ0) is 9.10. The molecule has 0 amide bonds. The van der Waals surface area contributed by atoms with Crippen molar-refractivity contribution in [2.45, 2.75) is 18.1 Å². The molecule has 1 unspecified atom stereocenters. The number of nitrogens with zero attached hydrogens (tertiary/aromatic N) is 2. The second-order valence-corrected chi connectivity index (χ2v) is 3.91. The third kappa shape index (κ3) is 2.03. The van der Waals surface area contributed by atoms with Gasteiger partial charge in [-0.15, -0.1) is 0 Å². The minimum absolute atomic E-state index is 0.347. The summed E-state index contributed by atoms with van der Waals surface area (Å²) < 4.78 is 10.3. The van der Waals surface area contributed by atoms with Gasteiger partial charge in [0, 0.05) is 12.5 Å². The first-order valence-corrected chi connectivity index (χ1v) is 5.68. The van der Waals surface area contributed by atoms with Crippen LogP contribution in [0.2, 0.25) is 0 Å². The highest BCUT2D eigenvalue weighted by Crippen LogP contribution is 2.22. The smallest absolute Gasteiger partial charge is 0.236 e. The molecule has 5 heteroatoms. The topological polar surface area (TPSA) is 48.2 Å². The van der Waals surface area contributed by atoms with Crippen LogP contribution in [0, 0.1) is 0 Å². The quantitative estimate of drug-likeness (QED) is 0.738. The lowest BCUT2D eigenvalue weighted by Gasteiger charge is -1.97. The summed E-state index contributed by atoms with van der Waals surface area (Å²) >= 11 is 1.68. The van der Waals surface area contributed by atoms with Crippen molar-refractivity contribution in [3.8, 4) is 0 Å². The molecule has 1 fully saturated rings. The third-order valence-corrected chi connectivity index (χ3v) is 2.58. The molecule has 2 rings (SSSR count). The summed E-state index contributed by atoms with van der Waals surface area (Å²) in [6.45, 7) is 1.55. The number of rotatable bonds is 3. The Kier molecular flexibility index (Phi) is 2.85. The summed E-state index contributed by atoms with van der Waals surface area (Å²) in [5.41, 5.74) is 0. The summed E-state index contributed by atoms with van der Waals surface area (Å²) in [6.07, 6.45) is 3.03. The Balaban J connectivity index is 2.03. The Labute approximate surface area is 81.0 Å². The van der Waals surface area contributed by atoms with Gasteiger partial charge in [0.25, 0.3) is 0 Å². The van der Waals surface area contributed by atoms with Crippen LogP contribution in [0.3, 0.4) is 0 Å². The molecule has 0 aromatic carbocycles. The van der Waals surface area contributed by atoms with Crippen molar-refractivity contribution in [1.29, 1.82) is 0 Å². The highest BCUT2D eigenvalue weighted by molar-refractivity contribution is 7.97. The van der Waals surface area contributed by atoms with Crippen LogP contribution in [-0.4, -0.2) is 29.6 Å². The Hall–Kier alpha value is -0.550. The number of hydrogen-bond donors (Lipinski definition) is 0. The van der Waals surface area contributed by atoms with E-state index in [0.29, 0.717) is 5.92 Å². The number of thioether (sulfide) groups is 1. The van der Waals surface area contributed by atoms with E-state index in [1.54, 1.807) is 11.8 Å². The van der Waals surface area contributed by atoms with E-state index in [9.17, 15) is 0 Å². The molecule has 72 valence electrons. The van der Waals surface area contributed by atoms with Gasteiger partial charge in [-0.3, -0.25) is 0 Å². The van der Waals surface area contributed by atoms with Crippen molar-refractivity contribution in [2.24, 2.45) is 0 Å². The fourth-order valence-corrected chi connectivity index (χ4v) is 1.72. The van der Waals surface area contributed by atoms with E-state index in [1.165, 1.54) is 0 Å². The molecule has 1 aromatic rings. The monoisotopic (exact) mass is 200 g/mol. The van der Waals surface area contributed by atoms with Crippen LogP contribution in [0.1, 0.15) is 24.1 Å². The number of hydrogen-bond acceptors (Lipinski definition) is 5. The molecule has 1 aliphatic heterocycles. The van der Waals surface area contributed by atoms with Crippen molar-refractivity contribution >= 4 is 11.8 Å². The van der Waals surface area contributed by atoms with Gasteiger partial charge in [-0.25, -0.2) is 0 Å². The molecule has 1 atom stereocenters. The van der Waals surface area contributed by atoms with Crippen molar-refractivity contribution in [3.63, 3.8) is 0 Å². The fraction of sp³-hybridized carbons (Fsp3) is 0.750. The zero-order valence-electron chi connectivity index (χ0n) is 7.52. The van der Waals surface area contributed by atoms with Crippen LogP contribution in [-0.2, 0) is 10.5 Å². The summed E-state index contributed by atoms with van der Waals surface area (Å²) in [5.74, 6) is 2.66. The van der Waals surface area contributed by atoms with E-state index in [-0.39, 0.29) is 0 Å². The van der Waals surface area contributed by atoms with E-state index >= 15 is 0 Å². The fourth-order valence-electron chi connectivity index (χ4n) is 1.35. The van der Waals surface area contributed by atoms with Gasteiger partial charge in [0.1, 0.15) is 0 Å². The normalized spacial score (nSPS) is 22.4. The molecule has 0 saturated carbocycles. The summed E-state index contributed by atoms with van der Waals surface area (Å²) in [6, 6.07) is 0. The number of aromatic nitrogens is 2. The summed E-state index contributed by atoms with van der Waals surface area (Å²) in [7, 11) is 0. The molecule has 2 heterocycles. The van der Waals surface area contributed by atoms with Crippen LogP contribution >= 0.6 is 11.8 Å². The van der Waals surface area contributed by atoms with Crippen molar-refractivity contribution in [2.75, 3.05) is 19.5 Å². The molecular formula is C8H12N2O2S. The second kappa shape index (κ2) is 4.11. The predicted octanol–water partition coefficient (Wildman–Crippen LogP) is 1.44. The lowest BCUT2D eigenvalue weighted by Crippen LogP contribution is -1.99. The van der Waals surface area contributed by atoms with Crippen molar-refractivity contribution in [1.82, 2.24) is 10.1 Å². The average Bonchev–Trinajstić information content (AvgIpc) is 2.70. The van der Waals surface area contributed by atoms with Gasteiger partial charge in [0.2, 0.25) is 5.89 Å². The molecule has 0 aliphatic carbocycles. The van der Waals surface area contributed by atoms with E-state index in [4.69, 9.17) is 9.26 Å². The van der Waals surface area contributed by atoms with E-state index in [1.807, 2.05) is 6.26 Å². The van der Waals surface area contributed by atoms with E-state index < -0.39 is 0 Å². The predicted molar refractivity (Wildman–Crippen MR) is 49.7 cm³/mol. The first-order chi connectivity index (χ1) is 6.40. The molecule has 1 aliphatic rings. The standard InChI is InChI=1S/C8H12N2O2S/c1-13-5-7-9-8(10-12-7)6-2-3-11-4-6/h6H,2-5H2,1H3. The second-order valence-electron chi connectivity index (χ2n) is 3.04. The Bertz CT molecular complexity index is 271. The van der Waals surface area contributed by atoms with Crippen LogP contribution in [0.15, 0.2) is 4.52 Å². The molecular weight excluding hydrogens is 188 g/mol. The third-order valence-electron chi connectivity index (χ3n) is 2.05. The molecule has 0 spiro atoms. The zero-order valence-corrected chi connectivity index (χ0v) is 8.34. The maximum absolute atomic E-state index is 5.25. The number of ether oxygens (including phenoxy) is 1. The van der Waals surface area contributed by atoms with E-state index in [2.05, 4.69) is 10.1 Å². The van der Waals surface area contributed by atoms with Crippen LogP contribution in [0.25, 0.3) is 0 Å². The van der Waals surface area contributed by atoms with Crippen LogP contribution in [0.5, 0.6) is 0 Å². The molecule has 1 saturated heterocycles. The first-order valence-electron chi connectivity index (χ1n) is 4.29. The average molecular weight is 200 g/mol. The van der Waals surface area contributed by atoms with Crippen molar-refractivity contribution in [3.05, 3.63) is 11.7 Å². The van der Waals surface area contributed by atoms with E-state index in [0.717, 1.165) is 37.1 Å². The first kappa shape index (κ1) is 9.02. The molecule has 0 radical (unpaired) electrons. The van der Waals surface area contributed by atoms with Crippen LogP contribution in [0.4, 0.5) is 0 Å². The molecule has 0 bridgehead atoms. The molecule has 0 N–H and O–H groups in total. The highest BCUT2D eigenvalue weighted by atomic mass is 32.2. The maximum atomic E-state index is 5.25. The lowest BCUT2D eigenvalue weighted by molar-refractivity contribution is 0.192. The minimum atomic E-state index is 0.347.